The average Bonchev–Trinajstić information content (AvgIpc) is 3.86. The molecular formula is C50H34N4Si. The number of hydrogen-bond donors (Lipinski definition) is 0. The summed E-state index contributed by atoms with van der Waals surface area (Å²) < 4.78 is 4.68. The predicted octanol–water partition coefficient (Wildman–Crippen LogP) is 9.18. The second kappa shape index (κ2) is 12.5. The lowest BCUT2D eigenvalue weighted by Gasteiger charge is -2.35. The van der Waals surface area contributed by atoms with E-state index in [0.29, 0.717) is 0 Å². The van der Waals surface area contributed by atoms with Crippen LogP contribution in [0.1, 0.15) is 0 Å². The molecule has 4 heterocycles. The molecule has 0 radical (unpaired) electrons. The Morgan fingerprint density at radius 1 is 0.382 bits per heavy atom. The van der Waals surface area contributed by atoms with Crippen LogP contribution in [0.5, 0.6) is 0 Å². The first-order valence-corrected chi connectivity index (χ1v) is 20.7. The van der Waals surface area contributed by atoms with E-state index in [9.17, 15) is 0 Å². The monoisotopic (exact) mass is 718 g/mol. The minimum atomic E-state index is -2.99. The van der Waals surface area contributed by atoms with Gasteiger partial charge in [-0.3, -0.25) is 8.97 Å². The van der Waals surface area contributed by atoms with Gasteiger partial charge in [-0.05, 0) is 56.5 Å². The number of imidazole rings is 1. The summed E-state index contributed by atoms with van der Waals surface area (Å²) in [6.45, 7) is 0. The molecule has 0 aliphatic heterocycles. The minimum Gasteiger partial charge on any atom is -0.294 e. The zero-order chi connectivity index (χ0) is 36.3. The van der Waals surface area contributed by atoms with Crippen molar-refractivity contribution in [2.24, 2.45) is 0 Å². The Bertz CT molecular complexity index is 3150. The standard InChI is InChI=1S/C50H34N4Si/c1-4-16-35(17-5-1)48-34-52-50-44-32-38(27-29-40(44)41-22-10-13-25-46(41)54(48)50)55(36-18-6-2-7-19-36,37-20-8-3-9-21-37)39-28-30-43-42-23-11-12-24-45(42)53(47(43)33-39)49-26-14-15-31-51-49/h1-34H. The largest absolute Gasteiger partial charge is 0.294 e. The predicted molar refractivity (Wildman–Crippen MR) is 231 cm³/mol. The van der Waals surface area contributed by atoms with E-state index in [4.69, 9.17) is 9.97 Å². The lowest BCUT2D eigenvalue weighted by atomic mass is 10.1. The first-order chi connectivity index (χ1) is 27.3. The molecule has 0 atom stereocenters. The highest BCUT2D eigenvalue weighted by Crippen LogP contribution is 2.34. The third kappa shape index (κ3) is 4.70. The highest BCUT2D eigenvalue weighted by Gasteiger charge is 2.42. The lowest BCUT2D eigenvalue weighted by molar-refractivity contribution is 1.08. The maximum absolute atomic E-state index is 5.19. The molecule has 0 saturated heterocycles. The Morgan fingerprint density at radius 2 is 0.945 bits per heavy atom. The summed E-state index contributed by atoms with van der Waals surface area (Å²) >= 11 is 0. The Morgan fingerprint density at radius 3 is 1.64 bits per heavy atom. The quantitative estimate of drug-likeness (QED) is 0.0977. The number of pyridine rings is 2. The van der Waals surface area contributed by atoms with Crippen LogP contribution in [0.25, 0.3) is 66.2 Å². The summed E-state index contributed by atoms with van der Waals surface area (Å²) in [5.41, 5.74) is 6.64. The number of benzene rings is 7. The van der Waals surface area contributed by atoms with E-state index in [1.807, 2.05) is 18.5 Å². The average molecular weight is 719 g/mol. The van der Waals surface area contributed by atoms with E-state index < -0.39 is 8.07 Å². The molecule has 0 N–H and O–H groups in total. The van der Waals surface area contributed by atoms with E-state index in [-0.39, 0.29) is 0 Å². The van der Waals surface area contributed by atoms with Crippen LogP contribution < -0.4 is 20.7 Å². The van der Waals surface area contributed by atoms with Crippen LogP contribution in [0.15, 0.2) is 207 Å². The summed E-state index contributed by atoms with van der Waals surface area (Å²) in [7, 11) is -2.99. The van der Waals surface area contributed by atoms with E-state index in [1.165, 1.54) is 42.3 Å². The van der Waals surface area contributed by atoms with Crippen molar-refractivity contribution in [2.45, 2.75) is 0 Å². The lowest BCUT2D eigenvalue weighted by Crippen LogP contribution is -2.74. The first kappa shape index (κ1) is 31.4. The first-order valence-electron chi connectivity index (χ1n) is 18.7. The van der Waals surface area contributed by atoms with Gasteiger partial charge in [0.05, 0.1) is 28.4 Å². The number of rotatable bonds is 6. The number of fused-ring (bicyclic) bond motifs is 9. The maximum Gasteiger partial charge on any atom is 0.179 e. The fourth-order valence-corrected chi connectivity index (χ4v) is 13.8. The van der Waals surface area contributed by atoms with Crippen LogP contribution in [0.3, 0.4) is 0 Å². The van der Waals surface area contributed by atoms with Gasteiger partial charge in [0.2, 0.25) is 0 Å². The van der Waals surface area contributed by atoms with Crippen molar-refractivity contribution < 1.29 is 0 Å². The molecule has 4 nitrogen and oxygen atoms in total. The van der Waals surface area contributed by atoms with E-state index in [0.717, 1.165) is 44.7 Å². The van der Waals surface area contributed by atoms with Crippen LogP contribution in [0.4, 0.5) is 0 Å². The highest BCUT2D eigenvalue weighted by molar-refractivity contribution is 7.20. The van der Waals surface area contributed by atoms with Crippen molar-refractivity contribution in [3.05, 3.63) is 207 Å². The summed E-state index contributed by atoms with van der Waals surface area (Å²) in [6.07, 6.45) is 3.91. The second-order valence-corrected chi connectivity index (χ2v) is 18.0. The molecule has 0 aliphatic carbocycles. The topological polar surface area (TPSA) is 35.1 Å². The molecule has 0 spiro atoms. The van der Waals surface area contributed by atoms with E-state index in [1.54, 1.807) is 0 Å². The summed E-state index contributed by atoms with van der Waals surface area (Å²) in [5.74, 6) is 0.908. The number of hydrogen-bond acceptors (Lipinski definition) is 2. The van der Waals surface area contributed by atoms with Crippen LogP contribution in [0, 0.1) is 0 Å². The van der Waals surface area contributed by atoms with Crippen LogP contribution in [-0.4, -0.2) is 27.0 Å². The normalized spacial score (nSPS) is 12.0. The molecule has 0 fully saturated rings. The maximum atomic E-state index is 5.19. The van der Waals surface area contributed by atoms with Crippen molar-refractivity contribution in [3.63, 3.8) is 0 Å². The molecule has 0 unspecified atom stereocenters. The van der Waals surface area contributed by atoms with Crippen molar-refractivity contribution in [1.29, 1.82) is 0 Å². The fraction of sp³-hybridized carbons (Fsp3) is 0. The molecule has 7 aromatic carbocycles. The van der Waals surface area contributed by atoms with Crippen LogP contribution >= 0.6 is 0 Å². The summed E-state index contributed by atoms with van der Waals surface area (Å²) in [5, 5.41) is 11.2. The van der Waals surface area contributed by atoms with Gasteiger partial charge in [0.1, 0.15) is 11.5 Å². The third-order valence-electron chi connectivity index (χ3n) is 11.4. The summed E-state index contributed by atoms with van der Waals surface area (Å²) in [6, 6.07) is 70.9. The fourth-order valence-electron chi connectivity index (χ4n) is 9.00. The Labute approximate surface area is 319 Å². The smallest absolute Gasteiger partial charge is 0.179 e. The van der Waals surface area contributed by atoms with Gasteiger partial charge < -0.3 is 0 Å². The zero-order valence-corrected chi connectivity index (χ0v) is 30.9. The molecule has 0 amide bonds. The van der Waals surface area contributed by atoms with Crippen molar-refractivity contribution in [1.82, 2.24) is 18.9 Å². The van der Waals surface area contributed by atoms with Gasteiger partial charge in [-0.25, -0.2) is 9.97 Å². The van der Waals surface area contributed by atoms with Gasteiger partial charge >= 0.3 is 0 Å². The summed E-state index contributed by atoms with van der Waals surface area (Å²) in [4.78, 5) is 10.1. The number of nitrogens with zero attached hydrogens (tertiary/aromatic N) is 4. The molecule has 258 valence electrons. The molecular weight excluding hydrogens is 685 g/mol. The van der Waals surface area contributed by atoms with Gasteiger partial charge in [0.15, 0.2) is 8.07 Å². The van der Waals surface area contributed by atoms with E-state index in [2.05, 4.69) is 197 Å². The van der Waals surface area contributed by atoms with Gasteiger partial charge in [-0.1, -0.05) is 164 Å². The second-order valence-electron chi connectivity index (χ2n) is 14.2. The van der Waals surface area contributed by atoms with Crippen molar-refractivity contribution in [2.75, 3.05) is 0 Å². The van der Waals surface area contributed by atoms with Crippen LogP contribution in [0.2, 0.25) is 0 Å². The Kier molecular flexibility index (Phi) is 7.15. The highest BCUT2D eigenvalue weighted by atomic mass is 28.3. The van der Waals surface area contributed by atoms with Gasteiger partial charge in [0, 0.05) is 33.3 Å². The van der Waals surface area contributed by atoms with Gasteiger partial charge in [-0.15, -0.1) is 0 Å². The molecule has 0 saturated carbocycles. The molecule has 4 aromatic heterocycles. The SMILES string of the molecule is c1ccc(-c2cnc3c4cc([Si](c5ccccc5)(c5ccccc5)c5ccc6c7ccccc7n(-c7ccccn7)c6c5)ccc4c4ccccc4n23)cc1. The van der Waals surface area contributed by atoms with Crippen LogP contribution in [-0.2, 0) is 0 Å². The molecule has 0 bridgehead atoms. The van der Waals surface area contributed by atoms with Gasteiger partial charge in [-0.2, -0.15) is 0 Å². The molecule has 55 heavy (non-hydrogen) atoms. The molecule has 5 heteroatoms. The van der Waals surface area contributed by atoms with Crippen molar-refractivity contribution >= 4 is 77.9 Å². The Balaban J connectivity index is 1.27. The molecule has 11 rings (SSSR count). The van der Waals surface area contributed by atoms with Crippen molar-refractivity contribution in [3.8, 4) is 17.1 Å². The third-order valence-corrected chi connectivity index (χ3v) is 16.1. The Hall–Kier alpha value is -7.08. The number of para-hydroxylation sites is 2. The molecule has 0 aliphatic rings. The van der Waals surface area contributed by atoms with E-state index >= 15 is 0 Å². The van der Waals surface area contributed by atoms with Gasteiger partial charge in [0.25, 0.3) is 0 Å². The zero-order valence-electron chi connectivity index (χ0n) is 29.9. The minimum absolute atomic E-state index is 0.908. The molecule has 11 aromatic rings. The number of aromatic nitrogens is 4.